The molecule has 0 saturated carbocycles. The fourth-order valence-electron chi connectivity index (χ4n) is 9.23. The number of hydrogen-bond acceptors (Lipinski definition) is 1. The molecular formula is C58H42N2. The van der Waals surface area contributed by atoms with Gasteiger partial charge in [0, 0.05) is 33.5 Å². The highest BCUT2D eigenvalue weighted by molar-refractivity contribution is 6.16. The van der Waals surface area contributed by atoms with Crippen LogP contribution in [-0.4, -0.2) is 4.57 Å². The van der Waals surface area contributed by atoms with E-state index < -0.39 is 0 Å². The monoisotopic (exact) mass is 766 g/mol. The van der Waals surface area contributed by atoms with Gasteiger partial charge in [-0.3, -0.25) is 0 Å². The van der Waals surface area contributed by atoms with Crippen LogP contribution in [0.3, 0.4) is 0 Å². The summed E-state index contributed by atoms with van der Waals surface area (Å²) in [5.74, 6) is 0.329. The van der Waals surface area contributed by atoms with Crippen molar-refractivity contribution in [3.8, 4) is 50.2 Å². The van der Waals surface area contributed by atoms with Crippen molar-refractivity contribution in [3.63, 3.8) is 0 Å². The lowest BCUT2D eigenvalue weighted by Gasteiger charge is -2.27. The second kappa shape index (κ2) is 14.9. The van der Waals surface area contributed by atoms with Gasteiger partial charge in [-0.1, -0.05) is 177 Å². The second-order valence-electron chi connectivity index (χ2n) is 15.8. The zero-order valence-electron chi connectivity index (χ0n) is 33.4. The SMILES string of the molecule is C[C@H]1C=Cc2cc(N(c3ccc(-c4ccccc4)cc3)c3cccc(-c4cccc5c4c4ccc(-c6ccccc6)cc4n5-c4ccccc4)c3)ccc2-c2ccccc21. The second-order valence-corrected chi connectivity index (χ2v) is 15.8. The van der Waals surface area contributed by atoms with Crippen molar-refractivity contribution in [1.29, 1.82) is 0 Å². The van der Waals surface area contributed by atoms with Gasteiger partial charge in [-0.15, -0.1) is 0 Å². The normalized spacial score (nSPS) is 13.2. The maximum atomic E-state index is 2.42. The van der Waals surface area contributed by atoms with Crippen molar-refractivity contribution in [3.05, 3.63) is 236 Å². The van der Waals surface area contributed by atoms with Crippen molar-refractivity contribution in [2.75, 3.05) is 4.90 Å². The van der Waals surface area contributed by atoms with E-state index >= 15 is 0 Å². The summed E-state index contributed by atoms with van der Waals surface area (Å²) in [6.07, 6.45) is 4.65. The average Bonchev–Trinajstić information content (AvgIpc) is 3.58. The molecule has 2 heteroatoms. The van der Waals surface area contributed by atoms with E-state index in [0.29, 0.717) is 5.92 Å². The van der Waals surface area contributed by atoms with Gasteiger partial charge in [0.25, 0.3) is 0 Å². The highest BCUT2D eigenvalue weighted by Gasteiger charge is 2.21. The average molecular weight is 767 g/mol. The Morgan fingerprint density at radius 2 is 1.00 bits per heavy atom. The Kier molecular flexibility index (Phi) is 8.82. The van der Waals surface area contributed by atoms with E-state index in [9.17, 15) is 0 Å². The first-order valence-electron chi connectivity index (χ1n) is 20.8. The molecule has 0 saturated heterocycles. The standard InChI is InChI=1S/C58H42N2/c1-40-27-28-46-38-50(34-36-52(46)54-24-12-11-23-51(40)54)59(48-32-29-43(30-33-48)41-15-5-2-6-16-41)49-22-13-19-45(37-49)53-25-14-26-56-58(53)55-35-31-44(42-17-7-3-8-18-42)39-57(55)60(56)47-20-9-4-10-21-47/h2-40H,1H3/t40-/m0/s1. The summed E-state index contributed by atoms with van der Waals surface area (Å²) < 4.78 is 2.42. The minimum Gasteiger partial charge on any atom is -0.310 e. The van der Waals surface area contributed by atoms with Crippen LogP contribution in [0.1, 0.15) is 24.0 Å². The fourth-order valence-corrected chi connectivity index (χ4v) is 9.23. The third kappa shape index (κ3) is 6.22. The van der Waals surface area contributed by atoms with E-state index in [1.54, 1.807) is 0 Å². The summed E-state index contributed by atoms with van der Waals surface area (Å²) in [7, 11) is 0. The predicted molar refractivity (Wildman–Crippen MR) is 255 cm³/mol. The van der Waals surface area contributed by atoms with Crippen molar-refractivity contribution < 1.29 is 0 Å². The molecule has 0 spiro atoms. The summed E-state index contributed by atoms with van der Waals surface area (Å²) in [5, 5.41) is 2.48. The van der Waals surface area contributed by atoms with Gasteiger partial charge >= 0.3 is 0 Å². The van der Waals surface area contributed by atoms with Gasteiger partial charge in [-0.2, -0.15) is 0 Å². The Morgan fingerprint density at radius 1 is 0.400 bits per heavy atom. The summed E-state index contributed by atoms with van der Waals surface area (Å²) in [5.41, 5.74) is 19.2. The Bertz CT molecular complexity index is 3190. The molecule has 0 radical (unpaired) electrons. The van der Waals surface area contributed by atoms with Gasteiger partial charge in [-0.25, -0.2) is 0 Å². The van der Waals surface area contributed by atoms with Gasteiger partial charge in [0.15, 0.2) is 0 Å². The van der Waals surface area contributed by atoms with Gasteiger partial charge in [-0.05, 0) is 122 Å². The first-order valence-corrected chi connectivity index (χ1v) is 20.8. The van der Waals surface area contributed by atoms with E-state index in [0.717, 1.165) is 22.7 Å². The van der Waals surface area contributed by atoms with Crippen LogP contribution < -0.4 is 4.90 Å². The molecule has 284 valence electrons. The van der Waals surface area contributed by atoms with Crippen LogP contribution in [-0.2, 0) is 0 Å². The Balaban J connectivity index is 1.09. The molecule has 9 aromatic carbocycles. The maximum Gasteiger partial charge on any atom is 0.0547 e. The van der Waals surface area contributed by atoms with Crippen molar-refractivity contribution in [2.45, 2.75) is 12.8 Å². The number of aromatic nitrogens is 1. The summed E-state index contributed by atoms with van der Waals surface area (Å²) in [4.78, 5) is 2.41. The van der Waals surface area contributed by atoms with Crippen molar-refractivity contribution in [2.24, 2.45) is 0 Å². The summed E-state index contributed by atoms with van der Waals surface area (Å²) >= 11 is 0. The van der Waals surface area contributed by atoms with Crippen molar-refractivity contribution in [1.82, 2.24) is 4.57 Å². The lowest BCUT2D eigenvalue weighted by atomic mass is 9.92. The molecular weight excluding hydrogens is 725 g/mol. The maximum absolute atomic E-state index is 2.42. The quantitative estimate of drug-likeness (QED) is 0.157. The largest absolute Gasteiger partial charge is 0.310 e. The molecule has 0 bridgehead atoms. The van der Waals surface area contributed by atoms with E-state index in [2.05, 4.69) is 247 Å². The molecule has 60 heavy (non-hydrogen) atoms. The smallest absolute Gasteiger partial charge is 0.0547 e. The third-order valence-corrected chi connectivity index (χ3v) is 12.2. The Labute approximate surface area is 351 Å². The van der Waals surface area contributed by atoms with Gasteiger partial charge in [0.05, 0.1) is 11.0 Å². The molecule has 10 aromatic rings. The number of benzene rings is 9. The minimum absolute atomic E-state index is 0.329. The molecule has 1 atom stereocenters. The number of rotatable bonds is 7. The molecule has 1 aromatic heterocycles. The van der Waals surface area contributed by atoms with E-state index in [1.807, 2.05) is 0 Å². The first kappa shape index (κ1) is 35.5. The number of hydrogen-bond donors (Lipinski definition) is 0. The van der Waals surface area contributed by atoms with Gasteiger partial charge in [0.1, 0.15) is 0 Å². The van der Waals surface area contributed by atoms with Crippen LogP contribution in [0.2, 0.25) is 0 Å². The minimum atomic E-state index is 0.329. The molecule has 1 heterocycles. The van der Waals surface area contributed by atoms with Crippen LogP contribution in [0.4, 0.5) is 17.1 Å². The molecule has 0 amide bonds. The van der Waals surface area contributed by atoms with E-state index in [-0.39, 0.29) is 0 Å². The molecule has 2 nitrogen and oxygen atoms in total. The molecule has 1 aliphatic rings. The number of nitrogens with zero attached hydrogens (tertiary/aromatic N) is 2. The number of anilines is 3. The Morgan fingerprint density at radius 3 is 1.78 bits per heavy atom. The van der Waals surface area contributed by atoms with Gasteiger partial charge < -0.3 is 9.47 Å². The third-order valence-electron chi connectivity index (χ3n) is 12.2. The topological polar surface area (TPSA) is 8.17 Å². The fraction of sp³-hybridized carbons (Fsp3) is 0.0345. The van der Waals surface area contributed by atoms with Crippen LogP contribution in [0.25, 0.3) is 78.1 Å². The highest BCUT2D eigenvalue weighted by Crippen LogP contribution is 2.44. The number of fused-ring (bicyclic) bond motifs is 6. The molecule has 1 aliphatic carbocycles. The summed E-state index contributed by atoms with van der Waals surface area (Å²) in [6, 6.07) is 79.6. The number of allylic oxidation sites excluding steroid dienone is 1. The highest BCUT2D eigenvalue weighted by atomic mass is 15.1. The van der Waals surface area contributed by atoms with Crippen LogP contribution in [0.5, 0.6) is 0 Å². The zero-order chi connectivity index (χ0) is 40.0. The van der Waals surface area contributed by atoms with Crippen LogP contribution in [0.15, 0.2) is 224 Å². The molecule has 0 aliphatic heterocycles. The van der Waals surface area contributed by atoms with Crippen LogP contribution >= 0.6 is 0 Å². The number of para-hydroxylation sites is 1. The van der Waals surface area contributed by atoms with Gasteiger partial charge in [0.2, 0.25) is 0 Å². The molecule has 0 N–H and O–H groups in total. The van der Waals surface area contributed by atoms with Crippen LogP contribution in [0, 0.1) is 0 Å². The lowest BCUT2D eigenvalue weighted by molar-refractivity contribution is 0.979. The first-order chi connectivity index (χ1) is 29.7. The summed E-state index contributed by atoms with van der Waals surface area (Å²) in [6.45, 7) is 2.29. The lowest BCUT2D eigenvalue weighted by Crippen LogP contribution is -2.10. The molecule has 11 rings (SSSR count). The molecule has 0 fully saturated rings. The van der Waals surface area contributed by atoms with E-state index in [4.69, 9.17) is 0 Å². The zero-order valence-corrected chi connectivity index (χ0v) is 33.4. The van der Waals surface area contributed by atoms with Crippen molar-refractivity contribution >= 4 is 44.9 Å². The Hall–Kier alpha value is -7.68. The van der Waals surface area contributed by atoms with E-state index in [1.165, 1.54) is 77.4 Å². The molecule has 0 unspecified atom stereocenters. The predicted octanol–water partition coefficient (Wildman–Crippen LogP) is 16.1.